The molecule has 4 heteroatoms. The molecule has 21 heavy (non-hydrogen) atoms. The van der Waals surface area contributed by atoms with Gasteiger partial charge in [-0.3, -0.25) is 4.90 Å². The van der Waals surface area contributed by atoms with Gasteiger partial charge in [-0.05, 0) is 31.9 Å². The summed E-state index contributed by atoms with van der Waals surface area (Å²) < 4.78 is 5.39. The van der Waals surface area contributed by atoms with Gasteiger partial charge in [-0.2, -0.15) is 0 Å². The van der Waals surface area contributed by atoms with E-state index in [9.17, 15) is 0 Å². The van der Waals surface area contributed by atoms with Crippen molar-refractivity contribution >= 4 is 5.71 Å². The molecule has 2 aliphatic heterocycles. The first-order valence-electron chi connectivity index (χ1n) is 7.41. The molecule has 1 unspecified atom stereocenters. The molecule has 1 aromatic rings. The number of aryl methyl sites for hydroxylation is 3. The minimum absolute atomic E-state index is 0.149. The summed E-state index contributed by atoms with van der Waals surface area (Å²) in [5.74, 6) is 0. The van der Waals surface area contributed by atoms with Gasteiger partial charge < -0.3 is 9.57 Å². The van der Waals surface area contributed by atoms with Crippen molar-refractivity contribution in [1.29, 1.82) is 0 Å². The second kappa shape index (κ2) is 5.62. The fourth-order valence-corrected chi connectivity index (χ4v) is 3.20. The Hall–Kier alpha value is -1.65. The first kappa shape index (κ1) is 14.3. The zero-order valence-corrected chi connectivity index (χ0v) is 13.0. The second-order valence-corrected chi connectivity index (χ2v) is 5.84. The van der Waals surface area contributed by atoms with Gasteiger partial charge in [0.15, 0.2) is 0 Å². The number of benzene rings is 1. The summed E-state index contributed by atoms with van der Waals surface area (Å²) in [6.07, 6.45) is -0.149. The van der Waals surface area contributed by atoms with Gasteiger partial charge in [-0.1, -0.05) is 29.4 Å². The van der Waals surface area contributed by atoms with E-state index in [1.165, 1.54) is 16.7 Å². The van der Waals surface area contributed by atoms with Gasteiger partial charge in [0.1, 0.15) is 5.71 Å². The second-order valence-electron chi connectivity index (χ2n) is 5.84. The minimum Gasteiger partial charge on any atom is -0.379 e. The van der Waals surface area contributed by atoms with Gasteiger partial charge in [0.05, 0.1) is 13.2 Å². The third-order valence-electron chi connectivity index (χ3n) is 4.14. The van der Waals surface area contributed by atoms with Crippen molar-refractivity contribution < 1.29 is 9.57 Å². The highest BCUT2D eigenvalue weighted by molar-refractivity contribution is 6.15. The van der Waals surface area contributed by atoms with E-state index in [0.717, 1.165) is 43.2 Å². The molecule has 0 amide bonds. The van der Waals surface area contributed by atoms with Crippen LogP contribution >= 0.6 is 0 Å². The molecule has 0 spiro atoms. The van der Waals surface area contributed by atoms with Crippen molar-refractivity contribution in [1.82, 2.24) is 4.90 Å². The summed E-state index contributed by atoms with van der Waals surface area (Å²) in [4.78, 5) is 7.91. The zero-order valence-electron chi connectivity index (χ0n) is 13.0. The van der Waals surface area contributed by atoms with E-state index in [0.29, 0.717) is 0 Å². The molecule has 1 atom stereocenters. The van der Waals surface area contributed by atoms with Crippen LogP contribution in [0, 0.1) is 20.8 Å². The Morgan fingerprint density at radius 1 is 1.14 bits per heavy atom. The number of nitrogens with zero attached hydrogens (tertiary/aromatic N) is 2. The molecule has 1 saturated heterocycles. The maximum Gasteiger partial charge on any atom is 0.208 e. The van der Waals surface area contributed by atoms with Gasteiger partial charge in [-0.25, -0.2) is 0 Å². The van der Waals surface area contributed by atoms with Crippen LogP contribution in [0.5, 0.6) is 0 Å². The zero-order chi connectivity index (χ0) is 15.0. The van der Waals surface area contributed by atoms with E-state index >= 15 is 0 Å². The van der Waals surface area contributed by atoms with Crippen LogP contribution < -0.4 is 0 Å². The first-order chi connectivity index (χ1) is 10.1. The van der Waals surface area contributed by atoms with Gasteiger partial charge in [0.2, 0.25) is 6.23 Å². The third kappa shape index (κ3) is 2.61. The Labute approximate surface area is 126 Å². The van der Waals surface area contributed by atoms with E-state index in [4.69, 9.17) is 9.57 Å². The number of morpholine rings is 1. The molecular weight excluding hydrogens is 264 g/mol. The number of rotatable bonds is 2. The standard InChI is InChI=1S/C17H22N2O2/c1-11-9-12(2)15(13(3)10-11)16-14(4)17(21-18-16)19-5-7-20-8-6-19/h9-10,17H,4-8H2,1-3H3. The van der Waals surface area contributed by atoms with Crippen molar-refractivity contribution in [2.75, 3.05) is 26.3 Å². The SMILES string of the molecule is C=C1C(c2c(C)cc(C)cc2C)=NOC1N1CCOCC1. The lowest BCUT2D eigenvalue weighted by Crippen LogP contribution is -2.44. The first-order valence-corrected chi connectivity index (χ1v) is 7.41. The topological polar surface area (TPSA) is 34.1 Å². The smallest absolute Gasteiger partial charge is 0.208 e. The summed E-state index contributed by atoms with van der Waals surface area (Å²) in [5, 5.41) is 4.33. The summed E-state index contributed by atoms with van der Waals surface area (Å²) in [6, 6.07) is 4.36. The van der Waals surface area contributed by atoms with Crippen molar-refractivity contribution in [2.24, 2.45) is 5.16 Å². The molecule has 2 aliphatic rings. The van der Waals surface area contributed by atoms with Crippen LogP contribution in [0.25, 0.3) is 0 Å². The summed E-state index contributed by atoms with van der Waals surface area (Å²) in [6.45, 7) is 13.8. The van der Waals surface area contributed by atoms with Gasteiger partial charge in [0, 0.05) is 24.2 Å². The normalized spacial score (nSPS) is 23.1. The van der Waals surface area contributed by atoms with E-state index in [-0.39, 0.29) is 6.23 Å². The molecule has 1 aromatic carbocycles. The summed E-state index contributed by atoms with van der Waals surface area (Å²) >= 11 is 0. The number of ether oxygens (including phenoxy) is 1. The van der Waals surface area contributed by atoms with Gasteiger partial charge >= 0.3 is 0 Å². The molecule has 0 radical (unpaired) electrons. The van der Waals surface area contributed by atoms with Crippen LogP contribution in [0.1, 0.15) is 22.3 Å². The molecule has 0 bridgehead atoms. The molecular formula is C17H22N2O2. The highest BCUT2D eigenvalue weighted by atomic mass is 16.7. The fraction of sp³-hybridized carbons (Fsp3) is 0.471. The molecule has 112 valence electrons. The monoisotopic (exact) mass is 286 g/mol. The van der Waals surface area contributed by atoms with E-state index in [1.807, 2.05) is 0 Å². The van der Waals surface area contributed by atoms with Crippen LogP contribution in [0.2, 0.25) is 0 Å². The number of hydrogen-bond acceptors (Lipinski definition) is 4. The molecule has 1 fully saturated rings. The average molecular weight is 286 g/mol. The Morgan fingerprint density at radius 2 is 1.76 bits per heavy atom. The maximum absolute atomic E-state index is 5.67. The van der Waals surface area contributed by atoms with Crippen LogP contribution in [0.3, 0.4) is 0 Å². The largest absolute Gasteiger partial charge is 0.379 e. The lowest BCUT2D eigenvalue weighted by Gasteiger charge is -2.30. The Kier molecular flexibility index (Phi) is 3.83. The van der Waals surface area contributed by atoms with E-state index in [1.54, 1.807) is 0 Å². The molecule has 0 aromatic heterocycles. The Morgan fingerprint density at radius 3 is 2.38 bits per heavy atom. The third-order valence-corrected chi connectivity index (χ3v) is 4.14. The van der Waals surface area contributed by atoms with Crippen molar-refractivity contribution in [2.45, 2.75) is 27.0 Å². The molecule has 2 heterocycles. The highest BCUT2D eigenvalue weighted by Crippen LogP contribution is 2.28. The highest BCUT2D eigenvalue weighted by Gasteiger charge is 2.34. The molecule has 4 nitrogen and oxygen atoms in total. The minimum atomic E-state index is -0.149. The fourth-order valence-electron chi connectivity index (χ4n) is 3.20. The maximum atomic E-state index is 5.67. The lowest BCUT2D eigenvalue weighted by atomic mass is 9.92. The predicted octanol–water partition coefficient (Wildman–Crippen LogP) is 2.56. The summed E-state index contributed by atoms with van der Waals surface area (Å²) in [5.41, 5.74) is 6.70. The average Bonchev–Trinajstić information content (AvgIpc) is 2.81. The Bertz CT molecular complexity index is 578. The predicted molar refractivity (Wildman–Crippen MR) is 83.6 cm³/mol. The van der Waals surface area contributed by atoms with Crippen LogP contribution in [0.4, 0.5) is 0 Å². The van der Waals surface area contributed by atoms with Gasteiger partial charge in [0.25, 0.3) is 0 Å². The van der Waals surface area contributed by atoms with Crippen LogP contribution in [-0.4, -0.2) is 43.1 Å². The number of hydrogen-bond donors (Lipinski definition) is 0. The summed E-state index contributed by atoms with van der Waals surface area (Å²) in [7, 11) is 0. The number of oxime groups is 1. The van der Waals surface area contributed by atoms with Crippen LogP contribution in [0.15, 0.2) is 29.4 Å². The molecule has 0 N–H and O–H groups in total. The molecule has 0 aliphatic carbocycles. The van der Waals surface area contributed by atoms with Gasteiger partial charge in [-0.15, -0.1) is 0 Å². The molecule has 3 rings (SSSR count). The lowest BCUT2D eigenvalue weighted by molar-refractivity contribution is -0.0660. The Balaban J connectivity index is 1.86. The van der Waals surface area contributed by atoms with Crippen molar-refractivity contribution in [3.8, 4) is 0 Å². The van der Waals surface area contributed by atoms with E-state index in [2.05, 4.69) is 49.5 Å². The van der Waals surface area contributed by atoms with E-state index < -0.39 is 0 Å². The van der Waals surface area contributed by atoms with Crippen molar-refractivity contribution in [3.63, 3.8) is 0 Å². The van der Waals surface area contributed by atoms with Crippen LogP contribution in [-0.2, 0) is 9.57 Å². The quantitative estimate of drug-likeness (QED) is 0.838. The van der Waals surface area contributed by atoms with Crippen molar-refractivity contribution in [3.05, 3.63) is 46.5 Å². The molecule has 0 saturated carbocycles.